The van der Waals surface area contributed by atoms with Gasteiger partial charge < -0.3 is 20.4 Å². The zero-order valence-corrected chi connectivity index (χ0v) is 16.8. The Kier molecular flexibility index (Phi) is 7.93. The highest BCUT2D eigenvalue weighted by atomic mass is 16.6. The van der Waals surface area contributed by atoms with Gasteiger partial charge in [0.25, 0.3) is 11.6 Å². The summed E-state index contributed by atoms with van der Waals surface area (Å²) in [6.07, 6.45) is 0.976. The Morgan fingerprint density at radius 1 is 1.10 bits per heavy atom. The molecule has 3 amide bonds. The smallest absolute Gasteiger partial charge is 0.293 e. The van der Waals surface area contributed by atoms with E-state index >= 15 is 0 Å². The molecular weight excluding hydrogens is 378 g/mol. The standard InChI is InChI=1S/C19H27N5O5/c1-3-7-20-18(26)6-8-21-19(27)15-4-5-16(17(13-15)24(28)29)23-11-9-22(10-12-23)14(2)25/h4-5,13H,3,6-12H2,1-2H3,(H,20,26)(H,21,27). The van der Waals surface area contributed by atoms with E-state index < -0.39 is 10.8 Å². The van der Waals surface area contributed by atoms with Crippen molar-refractivity contribution in [1.82, 2.24) is 15.5 Å². The van der Waals surface area contributed by atoms with Crippen LogP contribution in [0, 0.1) is 10.1 Å². The first-order valence-electron chi connectivity index (χ1n) is 9.67. The molecule has 0 atom stereocenters. The summed E-state index contributed by atoms with van der Waals surface area (Å²) in [4.78, 5) is 49.9. The molecule has 1 aromatic carbocycles. The third-order valence-electron chi connectivity index (χ3n) is 4.71. The molecule has 0 spiro atoms. The number of nitrogens with one attached hydrogen (secondary N) is 2. The Morgan fingerprint density at radius 3 is 2.38 bits per heavy atom. The number of nitro benzene ring substituents is 1. The second-order valence-electron chi connectivity index (χ2n) is 6.81. The second-order valence-corrected chi connectivity index (χ2v) is 6.81. The number of carbonyl (C=O) groups is 3. The van der Waals surface area contributed by atoms with Gasteiger partial charge in [-0.15, -0.1) is 0 Å². The molecule has 2 N–H and O–H groups in total. The molecule has 158 valence electrons. The van der Waals surface area contributed by atoms with Crippen molar-refractivity contribution in [3.05, 3.63) is 33.9 Å². The molecule has 1 aromatic rings. The predicted octanol–water partition coefficient (Wildman–Crippen LogP) is 0.909. The fourth-order valence-corrected chi connectivity index (χ4v) is 3.08. The van der Waals surface area contributed by atoms with Crippen LogP contribution in [0.5, 0.6) is 0 Å². The van der Waals surface area contributed by atoms with Gasteiger partial charge in [0, 0.05) is 64.2 Å². The summed E-state index contributed by atoms with van der Waals surface area (Å²) < 4.78 is 0. The number of nitrogens with zero attached hydrogens (tertiary/aromatic N) is 3. The molecule has 1 aliphatic heterocycles. The summed E-state index contributed by atoms with van der Waals surface area (Å²) in [7, 11) is 0. The molecular formula is C19H27N5O5. The van der Waals surface area contributed by atoms with Crippen LogP contribution < -0.4 is 15.5 Å². The number of rotatable bonds is 8. The molecule has 0 bridgehead atoms. The lowest BCUT2D eigenvalue weighted by Gasteiger charge is -2.35. The van der Waals surface area contributed by atoms with Gasteiger partial charge in [0.05, 0.1) is 4.92 Å². The fourth-order valence-electron chi connectivity index (χ4n) is 3.08. The van der Waals surface area contributed by atoms with Gasteiger partial charge in [-0.1, -0.05) is 6.92 Å². The maximum absolute atomic E-state index is 12.3. The average Bonchev–Trinajstić information content (AvgIpc) is 2.71. The highest BCUT2D eigenvalue weighted by molar-refractivity contribution is 5.96. The number of carbonyl (C=O) groups excluding carboxylic acids is 3. The first-order valence-corrected chi connectivity index (χ1v) is 9.67. The van der Waals surface area contributed by atoms with E-state index in [0.717, 1.165) is 6.42 Å². The van der Waals surface area contributed by atoms with Crippen molar-refractivity contribution >= 4 is 29.1 Å². The van der Waals surface area contributed by atoms with Gasteiger partial charge in [0.1, 0.15) is 5.69 Å². The molecule has 1 heterocycles. The Morgan fingerprint density at radius 2 is 1.79 bits per heavy atom. The number of benzene rings is 1. The first-order chi connectivity index (χ1) is 13.8. The van der Waals surface area contributed by atoms with Gasteiger partial charge in [-0.2, -0.15) is 0 Å². The number of hydrogen-bond acceptors (Lipinski definition) is 6. The zero-order chi connectivity index (χ0) is 21.4. The van der Waals surface area contributed by atoms with Gasteiger partial charge >= 0.3 is 0 Å². The normalized spacial score (nSPS) is 13.7. The monoisotopic (exact) mass is 405 g/mol. The highest BCUT2D eigenvalue weighted by Gasteiger charge is 2.25. The Balaban J connectivity index is 2.02. The molecule has 0 saturated carbocycles. The van der Waals surface area contributed by atoms with Crippen LogP contribution in [-0.4, -0.2) is 66.8 Å². The number of amides is 3. The van der Waals surface area contributed by atoms with E-state index in [1.165, 1.54) is 19.1 Å². The molecule has 0 radical (unpaired) electrons. The van der Waals surface area contributed by atoms with Crippen LogP contribution in [0.25, 0.3) is 0 Å². The summed E-state index contributed by atoms with van der Waals surface area (Å²) in [5, 5.41) is 16.9. The van der Waals surface area contributed by atoms with Crippen molar-refractivity contribution in [2.24, 2.45) is 0 Å². The summed E-state index contributed by atoms with van der Waals surface area (Å²) in [5.41, 5.74) is 0.431. The molecule has 2 rings (SSSR count). The maximum Gasteiger partial charge on any atom is 0.293 e. The lowest BCUT2D eigenvalue weighted by molar-refractivity contribution is -0.384. The summed E-state index contributed by atoms with van der Waals surface area (Å²) in [5.74, 6) is -0.642. The van der Waals surface area contributed by atoms with Crippen molar-refractivity contribution in [2.45, 2.75) is 26.7 Å². The van der Waals surface area contributed by atoms with Crippen LogP contribution in [0.1, 0.15) is 37.0 Å². The quantitative estimate of drug-likeness (QED) is 0.489. The van der Waals surface area contributed by atoms with Gasteiger partial charge in [-0.25, -0.2) is 0 Å². The third-order valence-corrected chi connectivity index (χ3v) is 4.71. The van der Waals surface area contributed by atoms with Gasteiger partial charge in [0.15, 0.2) is 0 Å². The largest absolute Gasteiger partial charge is 0.362 e. The SMILES string of the molecule is CCCNC(=O)CCNC(=O)c1ccc(N2CCN(C(C)=O)CC2)c([N+](=O)[O-])c1. The van der Waals surface area contributed by atoms with E-state index in [2.05, 4.69) is 10.6 Å². The van der Waals surface area contributed by atoms with Gasteiger partial charge in [-0.3, -0.25) is 24.5 Å². The van der Waals surface area contributed by atoms with Crippen LogP contribution in [0.15, 0.2) is 18.2 Å². The Hall–Kier alpha value is -3.17. The predicted molar refractivity (Wildman–Crippen MR) is 108 cm³/mol. The number of piperazine rings is 1. The van der Waals surface area contributed by atoms with Crippen molar-refractivity contribution in [1.29, 1.82) is 0 Å². The lowest BCUT2D eigenvalue weighted by Crippen LogP contribution is -2.48. The van der Waals surface area contributed by atoms with E-state index in [1.807, 2.05) is 11.8 Å². The Bertz CT molecular complexity index is 774. The average molecular weight is 405 g/mol. The van der Waals surface area contributed by atoms with E-state index in [1.54, 1.807) is 11.0 Å². The molecule has 29 heavy (non-hydrogen) atoms. The summed E-state index contributed by atoms with van der Waals surface area (Å²) in [6, 6.07) is 4.34. The minimum atomic E-state index is -0.512. The van der Waals surface area contributed by atoms with Gasteiger partial charge in [0.2, 0.25) is 11.8 Å². The number of anilines is 1. The molecule has 0 aromatic heterocycles. The second kappa shape index (κ2) is 10.4. The molecule has 0 aliphatic carbocycles. The van der Waals surface area contributed by atoms with Crippen LogP contribution >= 0.6 is 0 Å². The lowest BCUT2D eigenvalue weighted by atomic mass is 10.1. The van der Waals surface area contributed by atoms with Crippen LogP contribution in [0.2, 0.25) is 0 Å². The van der Waals surface area contributed by atoms with Crippen LogP contribution in [-0.2, 0) is 9.59 Å². The number of hydrogen-bond donors (Lipinski definition) is 2. The van der Waals surface area contributed by atoms with Crippen molar-refractivity contribution in [3.8, 4) is 0 Å². The molecule has 0 unspecified atom stereocenters. The van der Waals surface area contributed by atoms with E-state index in [0.29, 0.717) is 38.4 Å². The molecule has 10 heteroatoms. The van der Waals surface area contributed by atoms with E-state index in [-0.39, 0.29) is 36.0 Å². The molecule has 1 saturated heterocycles. The molecule has 1 aliphatic rings. The number of nitro groups is 1. The fraction of sp³-hybridized carbons (Fsp3) is 0.526. The maximum atomic E-state index is 12.3. The van der Waals surface area contributed by atoms with Crippen molar-refractivity contribution in [3.63, 3.8) is 0 Å². The van der Waals surface area contributed by atoms with E-state index in [9.17, 15) is 24.5 Å². The van der Waals surface area contributed by atoms with Crippen LogP contribution in [0.4, 0.5) is 11.4 Å². The minimum Gasteiger partial charge on any atom is -0.362 e. The topological polar surface area (TPSA) is 125 Å². The van der Waals surface area contributed by atoms with Crippen molar-refractivity contribution in [2.75, 3.05) is 44.2 Å². The summed E-state index contributed by atoms with van der Waals surface area (Å²) in [6.45, 7) is 6.14. The van der Waals surface area contributed by atoms with Crippen LogP contribution in [0.3, 0.4) is 0 Å². The zero-order valence-electron chi connectivity index (χ0n) is 16.8. The van der Waals surface area contributed by atoms with Gasteiger partial charge in [-0.05, 0) is 18.6 Å². The molecule has 10 nitrogen and oxygen atoms in total. The van der Waals surface area contributed by atoms with E-state index in [4.69, 9.17) is 0 Å². The molecule has 1 fully saturated rings. The summed E-state index contributed by atoms with van der Waals surface area (Å²) >= 11 is 0. The third kappa shape index (κ3) is 6.16. The van der Waals surface area contributed by atoms with Crippen molar-refractivity contribution < 1.29 is 19.3 Å². The highest BCUT2D eigenvalue weighted by Crippen LogP contribution is 2.30. The Labute approximate surface area is 169 Å². The minimum absolute atomic E-state index is 0.0189. The first kappa shape index (κ1) is 22.1.